The summed E-state index contributed by atoms with van der Waals surface area (Å²) in [5.41, 5.74) is 1.62. The smallest absolute Gasteiger partial charge is 0.323 e. The quantitative estimate of drug-likeness (QED) is 0.448. The van der Waals surface area contributed by atoms with Crippen LogP contribution in [0.1, 0.15) is 13.3 Å². The molecule has 0 spiro atoms. The Morgan fingerprint density at radius 3 is 1.94 bits per heavy atom. The van der Waals surface area contributed by atoms with Gasteiger partial charge in [-0.2, -0.15) is 0 Å². The van der Waals surface area contributed by atoms with E-state index >= 15 is 0 Å². The van der Waals surface area contributed by atoms with Gasteiger partial charge < -0.3 is 25.4 Å². The van der Waals surface area contributed by atoms with Gasteiger partial charge in [0, 0.05) is 5.69 Å². The fourth-order valence-electron chi connectivity index (χ4n) is 2.69. The molecule has 7 heteroatoms. The average molecular weight is 419 g/mol. The highest BCUT2D eigenvalue weighted by molar-refractivity contribution is 6.04. The van der Waals surface area contributed by atoms with Crippen molar-refractivity contribution in [1.82, 2.24) is 0 Å². The highest BCUT2D eigenvalue weighted by Crippen LogP contribution is 2.22. The Bertz CT molecular complexity index is 991. The van der Waals surface area contributed by atoms with Crippen LogP contribution in [0.5, 0.6) is 11.5 Å². The molecule has 3 N–H and O–H groups in total. The van der Waals surface area contributed by atoms with E-state index < -0.39 is 6.03 Å². The number of nitrogens with one attached hydrogen (secondary N) is 3. The second-order valence-corrected chi connectivity index (χ2v) is 6.65. The standard InChI is InChI=1S/C24H25N3O4/c1-2-16-30-19-12-14-20(15-13-19)31-17-23(28)26-21-10-6-7-11-22(21)27-24(29)25-18-8-4-3-5-9-18/h3-15H,2,16-17H2,1H3,(H,26,28)(H2,25,27,29). The van der Waals surface area contributed by atoms with E-state index in [1.54, 1.807) is 60.7 Å². The topological polar surface area (TPSA) is 88.7 Å². The summed E-state index contributed by atoms with van der Waals surface area (Å²) in [5.74, 6) is 0.976. The minimum atomic E-state index is -0.408. The molecular formula is C24H25N3O4. The van der Waals surface area contributed by atoms with Crippen molar-refractivity contribution >= 4 is 29.0 Å². The molecule has 3 aromatic carbocycles. The molecule has 0 atom stereocenters. The number of carbonyl (C=O) groups is 2. The number of hydrogen-bond acceptors (Lipinski definition) is 4. The van der Waals surface area contributed by atoms with Crippen LogP contribution >= 0.6 is 0 Å². The van der Waals surface area contributed by atoms with Crippen LogP contribution in [0.25, 0.3) is 0 Å². The molecule has 31 heavy (non-hydrogen) atoms. The van der Waals surface area contributed by atoms with Crippen molar-refractivity contribution in [3.63, 3.8) is 0 Å². The third kappa shape index (κ3) is 7.08. The van der Waals surface area contributed by atoms with Crippen LogP contribution in [0.15, 0.2) is 78.9 Å². The van der Waals surface area contributed by atoms with E-state index in [1.807, 2.05) is 25.1 Å². The third-order valence-corrected chi connectivity index (χ3v) is 4.15. The molecule has 3 amide bonds. The van der Waals surface area contributed by atoms with Crippen LogP contribution in [0, 0.1) is 0 Å². The number of anilines is 3. The van der Waals surface area contributed by atoms with Crippen LogP contribution in [0.2, 0.25) is 0 Å². The first-order valence-electron chi connectivity index (χ1n) is 10.0. The maximum atomic E-state index is 12.3. The summed E-state index contributed by atoms with van der Waals surface area (Å²) in [6, 6.07) is 22.7. The first kappa shape index (κ1) is 21.7. The van der Waals surface area contributed by atoms with Gasteiger partial charge in [-0.3, -0.25) is 4.79 Å². The molecule has 0 aromatic heterocycles. The molecule has 0 heterocycles. The zero-order chi connectivity index (χ0) is 21.9. The zero-order valence-electron chi connectivity index (χ0n) is 17.3. The Morgan fingerprint density at radius 2 is 1.29 bits per heavy atom. The monoisotopic (exact) mass is 419 g/mol. The molecule has 0 saturated heterocycles. The number of benzene rings is 3. The molecule has 7 nitrogen and oxygen atoms in total. The SMILES string of the molecule is CCCOc1ccc(OCC(=O)Nc2ccccc2NC(=O)Nc2ccccc2)cc1. The summed E-state index contributed by atoms with van der Waals surface area (Å²) in [5, 5.41) is 8.24. The van der Waals surface area contributed by atoms with Crippen molar-refractivity contribution in [2.45, 2.75) is 13.3 Å². The number of urea groups is 1. The molecule has 0 unspecified atom stereocenters. The van der Waals surface area contributed by atoms with Crippen molar-refractivity contribution in [2.75, 3.05) is 29.2 Å². The summed E-state index contributed by atoms with van der Waals surface area (Å²) in [7, 11) is 0. The van der Waals surface area contributed by atoms with Gasteiger partial charge in [0.25, 0.3) is 5.91 Å². The van der Waals surface area contributed by atoms with Gasteiger partial charge >= 0.3 is 6.03 Å². The lowest BCUT2D eigenvalue weighted by molar-refractivity contribution is -0.118. The lowest BCUT2D eigenvalue weighted by Crippen LogP contribution is -2.23. The highest BCUT2D eigenvalue weighted by atomic mass is 16.5. The van der Waals surface area contributed by atoms with Gasteiger partial charge in [0.05, 0.1) is 18.0 Å². The molecule has 3 aromatic rings. The zero-order valence-corrected chi connectivity index (χ0v) is 17.3. The predicted octanol–water partition coefficient (Wildman–Crippen LogP) is 5.14. The molecule has 0 bridgehead atoms. The molecule has 0 radical (unpaired) electrons. The average Bonchev–Trinajstić information content (AvgIpc) is 2.79. The number of para-hydroxylation sites is 3. The van der Waals surface area contributed by atoms with Crippen molar-refractivity contribution in [2.24, 2.45) is 0 Å². The van der Waals surface area contributed by atoms with Gasteiger partial charge in [0.15, 0.2) is 6.61 Å². The van der Waals surface area contributed by atoms with Gasteiger partial charge in [0.1, 0.15) is 11.5 Å². The fourth-order valence-corrected chi connectivity index (χ4v) is 2.69. The van der Waals surface area contributed by atoms with Crippen molar-refractivity contribution in [3.8, 4) is 11.5 Å². The number of hydrogen-bond donors (Lipinski definition) is 3. The third-order valence-electron chi connectivity index (χ3n) is 4.15. The van der Waals surface area contributed by atoms with Crippen molar-refractivity contribution in [3.05, 3.63) is 78.9 Å². The van der Waals surface area contributed by atoms with Crippen molar-refractivity contribution < 1.29 is 19.1 Å². The van der Waals surface area contributed by atoms with Gasteiger partial charge in [-0.1, -0.05) is 37.3 Å². The van der Waals surface area contributed by atoms with Gasteiger partial charge in [-0.15, -0.1) is 0 Å². The second kappa shape index (κ2) is 11.3. The van der Waals surface area contributed by atoms with Crippen LogP contribution < -0.4 is 25.4 Å². The summed E-state index contributed by atoms with van der Waals surface area (Å²) in [6.07, 6.45) is 0.933. The van der Waals surface area contributed by atoms with Gasteiger partial charge in [0.2, 0.25) is 0 Å². The molecule has 0 aliphatic carbocycles. The lowest BCUT2D eigenvalue weighted by Gasteiger charge is -2.13. The molecular weight excluding hydrogens is 394 g/mol. The van der Waals surface area contributed by atoms with Gasteiger partial charge in [-0.25, -0.2) is 4.79 Å². The lowest BCUT2D eigenvalue weighted by atomic mass is 10.2. The molecule has 0 fully saturated rings. The summed E-state index contributed by atoms with van der Waals surface area (Å²) < 4.78 is 11.1. The Balaban J connectivity index is 1.52. The van der Waals surface area contributed by atoms with E-state index in [0.29, 0.717) is 29.4 Å². The Hall–Kier alpha value is -4.00. The molecule has 0 saturated carbocycles. The molecule has 160 valence electrons. The number of ether oxygens (including phenoxy) is 2. The fraction of sp³-hybridized carbons (Fsp3) is 0.167. The van der Waals surface area contributed by atoms with E-state index in [4.69, 9.17) is 9.47 Å². The molecule has 0 aliphatic rings. The van der Waals surface area contributed by atoms with Gasteiger partial charge in [-0.05, 0) is 55.0 Å². The predicted molar refractivity (Wildman–Crippen MR) is 122 cm³/mol. The first-order valence-corrected chi connectivity index (χ1v) is 10.0. The van der Waals surface area contributed by atoms with E-state index in [-0.39, 0.29) is 12.5 Å². The summed E-state index contributed by atoms with van der Waals surface area (Å²) >= 11 is 0. The highest BCUT2D eigenvalue weighted by Gasteiger charge is 2.10. The minimum Gasteiger partial charge on any atom is -0.494 e. The molecule has 3 rings (SSSR count). The van der Waals surface area contributed by atoms with Crippen LogP contribution in [-0.4, -0.2) is 25.2 Å². The number of carbonyl (C=O) groups excluding carboxylic acids is 2. The van der Waals surface area contributed by atoms with E-state index in [9.17, 15) is 9.59 Å². The van der Waals surface area contributed by atoms with E-state index in [0.717, 1.165) is 12.2 Å². The van der Waals surface area contributed by atoms with Crippen molar-refractivity contribution in [1.29, 1.82) is 0 Å². The second-order valence-electron chi connectivity index (χ2n) is 6.65. The first-order chi connectivity index (χ1) is 15.1. The van der Waals surface area contributed by atoms with E-state index in [1.165, 1.54) is 0 Å². The number of amides is 3. The maximum Gasteiger partial charge on any atom is 0.323 e. The molecule has 0 aliphatic heterocycles. The maximum absolute atomic E-state index is 12.3. The van der Waals surface area contributed by atoms with Crippen LogP contribution in [0.4, 0.5) is 21.9 Å². The Kier molecular flexibility index (Phi) is 7.88. The Labute approximate surface area is 181 Å². The largest absolute Gasteiger partial charge is 0.494 e. The van der Waals surface area contributed by atoms with Crippen LogP contribution in [0.3, 0.4) is 0 Å². The van der Waals surface area contributed by atoms with E-state index in [2.05, 4.69) is 16.0 Å². The minimum absolute atomic E-state index is 0.167. The van der Waals surface area contributed by atoms with Crippen LogP contribution in [-0.2, 0) is 4.79 Å². The summed E-state index contributed by atoms with van der Waals surface area (Å²) in [6.45, 7) is 2.53. The Morgan fingerprint density at radius 1 is 0.710 bits per heavy atom. The summed E-state index contributed by atoms with van der Waals surface area (Å²) in [4.78, 5) is 24.6. The normalized spacial score (nSPS) is 10.1. The number of rotatable bonds is 9.